The highest BCUT2D eigenvalue weighted by Gasteiger charge is 2.13. The second kappa shape index (κ2) is 8.78. The topological polar surface area (TPSA) is 138 Å². The number of nitrogens with one attached hydrogen (secondary N) is 3. The van der Waals surface area contributed by atoms with Gasteiger partial charge in [0.2, 0.25) is 5.91 Å². The Labute approximate surface area is 172 Å². The molecule has 0 unspecified atom stereocenters. The van der Waals surface area contributed by atoms with Crippen LogP contribution in [0, 0.1) is 0 Å². The average Bonchev–Trinajstić information content (AvgIpc) is 2.75. The lowest BCUT2D eigenvalue weighted by Crippen LogP contribution is -2.36. The molecular formula is C20H23N7O3. The van der Waals surface area contributed by atoms with Crippen LogP contribution in [0.1, 0.15) is 6.42 Å². The fraction of sp³-hybridized carbons (Fsp3) is 0.300. The molecule has 5 N–H and O–H groups in total. The number of amides is 1. The quantitative estimate of drug-likeness (QED) is 0.456. The summed E-state index contributed by atoms with van der Waals surface area (Å²) in [5, 5.41) is 6.61. The van der Waals surface area contributed by atoms with Crippen LogP contribution in [0.2, 0.25) is 0 Å². The molecule has 30 heavy (non-hydrogen) atoms. The molecule has 1 aliphatic heterocycles. The molecule has 1 aromatic carbocycles. The van der Waals surface area contributed by atoms with E-state index < -0.39 is 5.91 Å². The number of H-pyrrole nitrogens is 1. The second-order valence-corrected chi connectivity index (χ2v) is 6.90. The lowest BCUT2D eigenvalue weighted by atomic mass is 10.2. The van der Waals surface area contributed by atoms with E-state index in [2.05, 4.69) is 30.5 Å². The molecule has 1 amide bonds. The number of fused-ring (bicyclic) bond motifs is 1. The van der Waals surface area contributed by atoms with Crippen LogP contribution in [0.4, 0.5) is 23.0 Å². The minimum atomic E-state index is -0.406. The number of nitrogens with two attached hydrogens (primary N) is 1. The minimum Gasteiger partial charge on any atom is -0.378 e. The number of carbonyl (C=O) groups is 1. The van der Waals surface area contributed by atoms with Crippen LogP contribution in [0.3, 0.4) is 0 Å². The number of anilines is 4. The summed E-state index contributed by atoms with van der Waals surface area (Å²) >= 11 is 0. The maximum atomic E-state index is 12.4. The summed E-state index contributed by atoms with van der Waals surface area (Å²) < 4.78 is 5.40. The number of rotatable bonds is 7. The maximum absolute atomic E-state index is 12.4. The molecule has 0 atom stereocenters. The fourth-order valence-corrected chi connectivity index (χ4v) is 3.30. The van der Waals surface area contributed by atoms with Gasteiger partial charge < -0.3 is 31.0 Å². The van der Waals surface area contributed by atoms with Crippen molar-refractivity contribution in [3.63, 3.8) is 0 Å². The number of hydrogen-bond donors (Lipinski definition) is 4. The predicted octanol–water partition coefficient (Wildman–Crippen LogP) is 1.19. The third-order valence-corrected chi connectivity index (χ3v) is 4.81. The van der Waals surface area contributed by atoms with Crippen molar-refractivity contribution >= 4 is 39.8 Å². The lowest BCUT2D eigenvalue weighted by Gasteiger charge is -2.28. The van der Waals surface area contributed by atoms with Crippen LogP contribution in [0.25, 0.3) is 10.9 Å². The summed E-state index contributed by atoms with van der Waals surface area (Å²) in [5.74, 6) is 0.466. The minimum absolute atomic E-state index is 0.175. The van der Waals surface area contributed by atoms with E-state index in [4.69, 9.17) is 10.5 Å². The van der Waals surface area contributed by atoms with Crippen molar-refractivity contribution in [1.29, 1.82) is 0 Å². The first-order valence-corrected chi connectivity index (χ1v) is 9.70. The Kier molecular flexibility index (Phi) is 5.75. The number of hydrogen-bond acceptors (Lipinski definition) is 8. The van der Waals surface area contributed by atoms with Crippen LogP contribution in [-0.2, 0) is 9.53 Å². The van der Waals surface area contributed by atoms with Gasteiger partial charge in [0.25, 0.3) is 5.56 Å². The highest BCUT2D eigenvalue weighted by Crippen LogP contribution is 2.25. The smallest absolute Gasteiger partial charge is 0.262 e. The molecule has 3 aromatic rings. The van der Waals surface area contributed by atoms with E-state index >= 15 is 0 Å². The zero-order chi connectivity index (χ0) is 20.9. The standard InChI is InChI=1S/C20H23N7O3/c21-16(28)5-6-22-17-11-15-18(20(29)24-12-23-15)19(26-17)25-13-1-3-14(4-2-13)27-7-9-30-10-8-27/h1-4,11-12H,5-10H2,(H2,21,28)(H2,22,25,26)(H,23,24,29). The van der Waals surface area contributed by atoms with Gasteiger partial charge in [-0.3, -0.25) is 9.59 Å². The molecule has 1 aliphatic rings. The SMILES string of the molecule is NC(=O)CCNc1cc2nc[nH]c(=O)c2c(Nc2ccc(N3CCOCC3)cc2)n1. The van der Waals surface area contributed by atoms with Gasteiger partial charge in [-0.25, -0.2) is 9.97 Å². The normalized spacial score (nSPS) is 13.9. The van der Waals surface area contributed by atoms with E-state index in [0.717, 1.165) is 37.7 Å². The van der Waals surface area contributed by atoms with E-state index in [1.165, 1.54) is 6.33 Å². The Bertz CT molecular complexity index is 1090. The number of benzene rings is 1. The van der Waals surface area contributed by atoms with Crippen molar-refractivity contribution < 1.29 is 9.53 Å². The van der Waals surface area contributed by atoms with Gasteiger partial charge in [0, 0.05) is 43.5 Å². The van der Waals surface area contributed by atoms with Gasteiger partial charge in [-0.2, -0.15) is 0 Å². The molecule has 156 valence electrons. The van der Waals surface area contributed by atoms with Gasteiger partial charge in [0.15, 0.2) is 0 Å². The summed E-state index contributed by atoms with van der Waals surface area (Å²) in [6.07, 6.45) is 1.52. The summed E-state index contributed by atoms with van der Waals surface area (Å²) in [5.41, 5.74) is 7.29. The molecule has 10 nitrogen and oxygen atoms in total. The van der Waals surface area contributed by atoms with Crippen LogP contribution in [0.5, 0.6) is 0 Å². The Morgan fingerprint density at radius 1 is 1.23 bits per heavy atom. The van der Waals surface area contributed by atoms with Gasteiger partial charge in [-0.15, -0.1) is 0 Å². The van der Waals surface area contributed by atoms with Gasteiger partial charge in [0.05, 0.1) is 25.1 Å². The van der Waals surface area contributed by atoms with E-state index in [1.54, 1.807) is 6.07 Å². The lowest BCUT2D eigenvalue weighted by molar-refractivity contribution is -0.117. The number of aromatic nitrogens is 3. The van der Waals surface area contributed by atoms with E-state index in [9.17, 15) is 9.59 Å². The molecule has 1 fully saturated rings. The van der Waals surface area contributed by atoms with Crippen LogP contribution in [0.15, 0.2) is 41.5 Å². The van der Waals surface area contributed by atoms with Gasteiger partial charge >= 0.3 is 0 Å². The largest absolute Gasteiger partial charge is 0.378 e. The summed E-state index contributed by atoms with van der Waals surface area (Å²) in [4.78, 5) is 37.0. The number of nitrogens with zero attached hydrogens (tertiary/aromatic N) is 3. The van der Waals surface area contributed by atoms with Crippen molar-refractivity contribution in [1.82, 2.24) is 15.0 Å². The Hall–Kier alpha value is -3.66. The monoisotopic (exact) mass is 409 g/mol. The predicted molar refractivity (Wildman–Crippen MR) is 115 cm³/mol. The molecule has 0 spiro atoms. The third kappa shape index (κ3) is 4.49. The second-order valence-electron chi connectivity index (χ2n) is 6.90. The van der Waals surface area contributed by atoms with Crippen molar-refractivity contribution in [3.05, 3.63) is 47.0 Å². The third-order valence-electron chi connectivity index (χ3n) is 4.81. The average molecular weight is 409 g/mol. The summed E-state index contributed by atoms with van der Waals surface area (Å²) in [7, 11) is 0. The van der Waals surface area contributed by atoms with Crippen molar-refractivity contribution in [3.8, 4) is 0 Å². The molecule has 0 bridgehead atoms. The number of primary amides is 1. The van der Waals surface area contributed by atoms with Gasteiger partial charge in [-0.1, -0.05) is 0 Å². The molecule has 3 heterocycles. The van der Waals surface area contributed by atoms with E-state index in [1.807, 2.05) is 24.3 Å². The van der Waals surface area contributed by atoms with Crippen LogP contribution >= 0.6 is 0 Å². The zero-order valence-corrected chi connectivity index (χ0v) is 16.4. The van der Waals surface area contributed by atoms with Gasteiger partial charge in [-0.05, 0) is 24.3 Å². The zero-order valence-electron chi connectivity index (χ0n) is 16.4. The molecule has 0 aliphatic carbocycles. The van der Waals surface area contributed by atoms with Crippen LogP contribution < -0.4 is 26.8 Å². The summed E-state index contributed by atoms with van der Waals surface area (Å²) in [6.45, 7) is 3.51. The fourth-order valence-electron chi connectivity index (χ4n) is 3.30. The molecule has 0 radical (unpaired) electrons. The van der Waals surface area contributed by atoms with Crippen LogP contribution in [-0.4, -0.2) is 53.7 Å². The van der Waals surface area contributed by atoms with Crippen molar-refractivity contribution in [2.75, 3.05) is 48.4 Å². The highest BCUT2D eigenvalue weighted by molar-refractivity contribution is 5.92. The molecule has 0 saturated carbocycles. The van der Waals surface area contributed by atoms with Gasteiger partial charge in [0.1, 0.15) is 17.0 Å². The first kappa shape index (κ1) is 19.6. The Balaban J connectivity index is 1.60. The highest BCUT2D eigenvalue weighted by atomic mass is 16.5. The van der Waals surface area contributed by atoms with E-state index in [-0.39, 0.29) is 12.0 Å². The molecule has 2 aromatic heterocycles. The van der Waals surface area contributed by atoms with E-state index in [0.29, 0.717) is 29.1 Å². The first-order chi connectivity index (χ1) is 14.6. The Morgan fingerprint density at radius 3 is 2.73 bits per heavy atom. The van der Waals surface area contributed by atoms with Crippen molar-refractivity contribution in [2.45, 2.75) is 6.42 Å². The number of morpholine rings is 1. The maximum Gasteiger partial charge on any atom is 0.262 e. The molecular weight excluding hydrogens is 386 g/mol. The summed E-state index contributed by atoms with van der Waals surface area (Å²) in [6, 6.07) is 9.59. The molecule has 10 heteroatoms. The number of carbonyl (C=O) groups excluding carboxylic acids is 1. The molecule has 4 rings (SSSR count). The molecule has 1 saturated heterocycles. The number of pyridine rings is 1. The number of ether oxygens (including phenoxy) is 1. The first-order valence-electron chi connectivity index (χ1n) is 9.70. The van der Waals surface area contributed by atoms with Crippen molar-refractivity contribution in [2.24, 2.45) is 5.73 Å². The Morgan fingerprint density at radius 2 is 2.00 bits per heavy atom. The number of aromatic amines is 1.